The number of piperidine rings is 1. The number of aromatic nitrogens is 1. The number of carbonyl (C=O) groups excluding carboxylic acids is 2. The van der Waals surface area contributed by atoms with Crippen molar-refractivity contribution in [2.45, 2.75) is 39.7 Å². The van der Waals surface area contributed by atoms with Gasteiger partial charge in [-0.3, -0.25) is 9.59 Å². The van der Waals surface area contributed by atoms with Crippen molar-refractivity contribution in [3.8, 4) is 0 Å². The minimum Gasteiger partial charge on any atom is -0.464 e. The summed E-state index contributed by atoms with van der Waals surface area (Å²) in [6.07, 6.45) is 1.84. The molecule has 2 atom stereocenters. The van der Waals surface area contributed by atoms with Crippen molar-refractivity contribution in [2.24, 2.45) is 5.92 Å². The molecule has 3 rings (SSSR count). The molecule has 128 valence electrons. The van der Waals surface area contributed by atoms with E-state index in [1.165, 1.54) is 18.3 Å². The maximum Gasteiger partial charge on any atom is 0.274 e. The van der Waals surface area contributed by atoms with Crippen LogP contribution in [-0.4, -0.2) is 28.2 Å². The first-order valence-electron chi connectivity index (χ1n) is 8.04. The number of nitrogens with zero attached hydrogens (tertiary/aromatic N) is 2. The second-order valence-corrected chi connectivity index (χ2v) is 7.17. The average Bonchev–Trinajstić information content (AvgIpc) is 3.15. The van der Waals surface area contributed by atoms with Gasteiger partial charge in [-0.1, -0.05) is 6.92 Å². The molecule has 2 unspecified atom stereocenters. The number of rotatable bonds is 3. The molecule has 0 aliphatic carbocycles. The normalized spacial score (nSPS) is 20.9. The number of anilines is 1. The number of hydrogen-bond acceptors (Lipinski definition) is 5. The van der Waals surface area contributed by atoms with Gasteiger partial charge in [0.2, 0.25) is 5.91 Å². The fourth-order valence-corrected chi connectivity index (χ4v) is 3.74. The van der Waals surface area contributed by atoms with Gasteiger partial charge < -0.3 is 14.6 Å². The molecular weight excluding hydrogens is 326 g/mol. The van der Waals surface area contributed by atoms with Crippen molar-refractivity contribution in [1.29, 1.82) is 0 Å². The molecule has 0 aromatic carbocycles. The summed E-state index contributed by atoms with van der Waals surface area (Å²) < 4.78 is 5.78. The quantitative estimate of drug-likeness (QED) is 0.920. The Bertz CT molecular complexity index is 752. The average molecular weight is 347 g/mol. The summed E-state index contributed by atoms with van der Waals surface area (Å²) in [6, 6.07) is 3.80. The van der Waals surface area contributed by atoms with E-state index in [2.05, 4.69) is 17.2 Å². The third-order valence-electron chi connectivity index (χ3n) is 4.22. The molecule has 2 aromatic heterocycles. The van der Waals surface area contributed by atoms with Crippen LogP contribution in [0.2, 0.25) is 0 Å². The Hall–Kier alpha value is -2.15. The molecule has 1 aliphatic heterocycles. The second-order valence-electron chi connectivity index (χ2n) is 6.31. The lowest BCUT2D eigenvalue weighted by Crippen LogP contribution is -2.40. The van der Waals surface area contributed by atoms with Crippen molar-refractivity contribution in [3.05, 3.63) is 34.7 Å². The van der Waals surface area contributed by atoms with Gasteiger partial charge >= 0.3 is 0 Å². The lowest BCUT2D eigenvalue weighted by atomic mass is 9.91. The summed E-state index contributed by atoms with van der Waals surface area (Å²) >= 11 is 1.26. The first-order chi connectivity index (χ1) is 11.4. The van der Waals surface area contributed by atoms with Gasteiger partial charge in [0.05, 0.1) is 6.04 Å². The number of thiazole rings is 1. The molecule has 3 heterocycles. The third kappa shape index (κ3) is 3.51. The monoisotopic (exact) mass is 347 g/mol. The van der Waals surface area contributed by atoms with Crippen LogP contribution < -0.4 is 5.32 Å². The number of furan rings is 1. The van der Waals surface area contributed by atoms with Crippen molar-refractivity contribution in [3.63, 3.8) is 0 Å². The van der Waals surface area contributed by atoms with Crippen molar-refractivity contribution >= 4 is 28.3 Å². The zero-order valence-corrected chi connectivity index (χ0v) is 14.9. The maximum absolute atomic E-state index is 12.9. The van der Waals surface area contributed by atoms with Gasteiger partial charge in [-0.15, -0.1) is 11.3 Å². The summed E-state index contributed by atoms with van der Waals surface area (Å²) in [5, 5.41) is 4.75. The zero-order chi connectivity index (χ0) is 17.3. The Balaban J connectivity index is 1.83. The first kappa shape index (κ1) is 16.7. The van der Waals surface area contributed by atoms with Gasteiger partial charge in [0.25, 0.3) is 5.91 Å². The van der Waals surface area contributed by atoms with E-state index in [1.807, 2.05) is 24.0 Å². The van der Waals surface area contributed by atoms with Gasteiger partial charge in [-0.05, 0) is 37.8 Å². The molecule has 1 fully saturated rings. The molecule has 6 nitrogen and oxygen atoms in total. The van der Waals surface area contributed by atoms with Crippen molar-refractivity contribution < 1.29 is 14.0 Å². The molecule has 0 bridgehead atoms. The van der Waals surface area contributed by atoms with Crippen LogP contribution in [-0.2, 0) is 4.79 Å². The molecule has 1 N–H and O–H groups in total. The van der Waals surface area contributed by atoms with Gasteiger partial charge in [0.15, 0.2) is 5.13 Å². The highest BCUT2D eigenvalue weighted by atomic mass is 32.1. The highest BCUT2D eigenvalue weighted by molar-refractivity contribution is 7.14. The lowest BCUT2D eigenvalue weighted by molar-refractivity contribution is -0.114. The number of amides is 2. The SMILES string of the molecule is CC(=O)Nc1nc(C(=O)N2CCC(C)CC2c2ccc(C)o2)cs1. The highest BCUT2D eigenvalue weighted by Gasteiger charge is 2.34. The standard InChI is InChI=1S/C17H21N3O3S/c1-10-6-7-20(14(8-10)15-5-4-11(2)23-15)16(22)13-9-24-17(19-13)18-12(3)21/h4-5,9-10,14H,6-8H2,1-3H3,(H,18,19,21). The van der Waals surface area contributed by atoms with E-state index in [1.54, 1.807) is 5.38 Å². The highest BCUT2D eigenvalue weighted by Crippen LogP contribution is 2.36. The number of aryl methyl sites for hydroxylation is 1. The summed E-state index contributed by atoms with van der Waals surface area (Å²) in [6.45, 7) is 6.20. The van der Waals surface area contributed by atoms with Gasteiger partial charge in [-0.25, -0.2) is 4.98 Å². The second kappa shape index (κ2) is 6.76. The summed E-state index contributed by atoms with van der Waals surface area (Å²) in [7, 11) is 0. The molecule has 1 aliphatic rings. The van der Waals surface area contributed by atoms with Gasteiger partial charge in [0.1, 0.15) is 17.2 Å². The minimum atomic E-state index is -0.195. The molecule has 0 saturated carbocycles. The van der Waals surface area contributed by atoms with Crippen LogP contribution in [0.3, 0.4) is 0 Å². The molecule has 0 radical (unpaired) electrons. The Labute approximate surface area is 144 Å². The number of carbonyl (C=O) groups is 2. The summed E-state index contributed by atoms with van der Waals surface area (Å²) in [4.78, 5) is 30.1. The number of nitrogens with one attached hydrogen (secondary N) is 1. The van der Waals surface area contributed by atoms with E-state index >= 15 is 0 Å². The topological polar surface area (TPSA) is 75.4 Å². The maximum atomic E-state index is 12.9. The van der Waals surface area contributed by atoms with Crippen LogP contribution >= 0.6 is 11.3 Å². The Morgan fingerprint density at radius 3 is 2.88 bits per heavy atom. The minimum absolute atomic E-state index is 0.0686. The molecule has 1 saturated heterocycles. The summed E-state index contributed by atoms with van der Waals surface area (Å²) in [5.41, 5.74) is 0.367. The van der Waals surface area contributed by atoms with E-state index in [-0.39, 0.29) is 17.9 Å². The van der Waals surface area contributed by atoms with Gasteiger partial charge in [-0.2, -0.15) is 0 Å². The third-order valence-corrected chi connectivity index (χ3v) is 4.98. The van der Waals surface area contributed by atoms with Crippen LogP contribution in [0.5, 0.6) is 0 Å². The molecule has 0 spiro atoms. The van der Waals surface area contributed by atoms with E-state index in [9.17, 15) is 9.59 Å². The largest absolute Gasteiger partial charge is 0.464 e. The van der Waals surface area contributed by atoms with E-state index in [0.717, 1.165) is 24.4 Å². The van der Waals surface area contributed by atoms with Gasteiger partial charge in [0, 0.05) is 18.8 Å². The predicted molar refractivity (Wildman–Crippen MR) is 92.0 cm³/mol. The van der Waals surface area contributed by atoms with Crippen molar-refractivity contribution in [2.75, 3.05) is 11.9 Å². The summed E-state index contributed by atoms with van der Waals surface area (Å²) in [5.74, 6) is 1.89. The van der Waals surface area contributed by atoms with Crippen LogP contribution in [0.1, 0.15) is 54.7 Å². The fourth-order valence-electron chi connectivity index (χ4n) is 3.01. The molecule has 7 heteroatoms. The Morgan fingerprint density at radius 2 is 2.21 bits per heavy atom. The fraction of sp³-hybridized carbons (Fsp3) is 0.471. The first-order valence-corrected chi connectivity index (χ1v) is 8.92. The van der Waals surface area contributed by atoms with Crippen LogP contribution in [0.4, 0.5) is 5.13 Å². The van der Waals surface area contributed by atoms with Crippen LogP contribution in [0.15, 0.2) is 21.9 Å². The zero-order valence-electron chi connectivity index (χ0n) is 14.0. The Morgan fingerprint density at radius 1 is 1.42 bits per heavy atom. The van der Waals surface area contributed by atoms with Crippen LogP contribution in [0.25, 0.3) is 0 Å². The molecular formula is C17H21N3O3S. The Kier molecular flexibility index (Phi) is 4.71. The van der Waals surface area contributed by atoms with E-state index < -0.39 is 0 Å². The lowest BCUT2D eigenvalue weighted by Gasteiger charge is -2.37. The molecule has 2 aromatic rings. The number of hydrogen-bond donors (Lipinski definition) is 1. The van der Waals surface area contributed by atoms with E-state index in [0.29, 0.717) is 23.3 Å². The molecule has 24 heavy (non-hydrogen) atoms. The van der Waals surface area contributed by atoms with Crippen molar-refractivity contribution in [1.82, 2.24) is 9.88 Å². The van der Waals surface area contributed by atoms with Crippen LogP contribution in [0, 0.1) is 12.8 Å². The van der Waals surface area contributed by atoms with E-state index in [4.69, 9.17) is 4.42 Å². The predicted octanol–water partition coefficient (Wildman–Crippen LogP) is 3.62. The molecule has 2 amide bonds. The smallest absolute Gasteiger partial charge is 0.274 e. The number of likely N-dealkylation sites (tertiary alicyclic amines) is 1.